The van der Waals surface area contributed by atoms with E-state index in [0.29, 0.717) is 166 Å². The molecule has 742 valence electrons. The highest BCUT2D eigenvalue weighted by Crippen LogP contribution is 2.59. The number of aromatic nitrogens is 8. The number of amides is 9. The van der Waals surface area contributed by atoms with Gasteiger partial charge in [0.25, 0.3) is 23.6 Å². The number of nitrogens with one attached hydrogen (secondary N) is 7. The number of hydrogen-bond acceptors (Lipinski definition) is 15. The van der Waals surface area contributed by atoms with Crippen LogP contribution in [0.1, 0.15) is 369 Å². The van der Waals surface area contributed by atoms with Gasteiger partial charge < -0.3 is 61.2 Å². The summed E-state index contributed by atoms with van der Waals surface area (Å²) in [6.07, 6.45) is 54.2. The van der Waals surface area contributed by atoms with Gasteiger partial charge in [0.15, 0.2) is 17.1 Å². The number of esters is 1. The van der Waals surface area contributed by atoms with Gasteiger partial charge in [0.1, 0.15) is 5.69 Å². The second-order valence-corrected chi connectivity index (χ2v) is 47.5. The minimum atomic E-state index is -0.400. The van der Waals surface area contributed by atoms with Crippen molar-refractivity contribution in [3.8, 4) is 5.69 Å². The average Bonchev–Trinajstić information content (AvgIpc) is 1.40. The maximum absolute atomic E-state index is 14.0. The molecule has 19 saturated carbocycles. The molecule has 16 bridgehead atoms. The molecule has 23 aliphatic carbocycles. The van der Waals surface area contributed by atoms with Crippen molar-refractivity contribution >= 4 is 47.8 Å². The van der Waals surface area contributed by atoms with Gasteiger partial charge in [-0.2, -0.15) is 20.4 Å². The maximum atomic E-state index is 14.0. The number of carbonyl (C=O) groups excluding carboxylic acids is 8. The summed E-state index contributed by atoms with van der Waals surface area (Å²) in [5.74, 6) is 11.2. The molecule has 9 amide bonds. The molecule has 0 spiro atoms. The smallest absolute Gasteiger partial charge is 0.407 e. The average molecular weight is 1880 g/mol. The summed E-state index contributed by atoms with van der Waals surface area (Å²) >= 11 is 0. The summed E-state index contributed by atoms with van der Waals surface area (Å²) in [5, 5.41) is 43.4. The lowest BCUT2D eigenvalue weighted by atomic mass is 9.53. The Bertz CT molecular complexity index is 5110. The van der Waals surface area contributed by atoms with Crippen LogP contribution in [0.2, 0.25) is 0 Å². The molecule has 137 heavy (non-hydrogen) atoms. The second kappa shape index (κ2) is 39.9. The molecule has 4 atom stereocenters. The summed E-state index contributed by atoms with van der Waals surface area (Å²) < 4.78 is 24.0. The van der Waals surface area contributed by atoms with Gasteiger partial charge >= 0.3 is 24.1 Å². The standard InChI is InChI=1S/C29H43N5O3.C27H41N5O2.C27H33N3O3.C26H38N4O3/c35-28(31-26-20-13-18-12-19(15-20)16-21(26)14-18)27-24-17-22(30-29(36)33-8-10-37-11-9-33)6-7-25(24)34(32-27)23-4-2-1-3-5-23;1-31(2)27(34)28-20-8-9-23-22(15-20)25(30-32(23)21-6-4-3-5-7-21)26(33)29-24-18-11-16-10-17(13-18)14-19(24)12-16;1-2-33-26(32)20-8-9-23-22(13-20)24(30(29-23)21-6-4-3-5-7-21)25(31)28-27-14-17-10-18(15-27)12-19(11-17)16-27;1-33-26(32)27-19-7-8-22-21(14-19)24(29-30(22)20-5-3-2-4-6-20)25(31)28-23-17-10-15-9-16(12-17)13-18(23)11-15/h18-23,26H,1-17H2,(H,30,36)(H,31,35);16-21,24H,3-15H2,1-2H3,(H,28,34)(H,29,33);3-7,17-20H,2,8-16H2,1H3,(H,28,31);15-20,23H,2-14H2,1H3,(H,27,32)(H,28,31). The Labute approximate surface area is 809 Å². The molecule has 4 unspecified atom stereocenters. The molecular formula is C109H155N17O11. The van der Waals surface area contributed by atoms with Crippen molar-refractivity contribution in [3.63, 3.8) is 0 Å². The van der Waals surface area contributed by atoms with Crippen molar-refractivity contribution in [2.75, 3.05) is 54.1 Å². The number of aryl methyl sites for hydroxylation is 1. The largest absolute Gasteiger partial charge is 0.466 e. The predicted octanol–water partition coefficient (Wildman–Crippen LogP) is 16.3. The zero-order valence-electron chi connectivity index (χ0n) is 82.3. The third kappa shape index (κ3) is 19.4. The highest BCUT2D eigenvalue weighted by atomic mass is 16.5. The number of hydrogen-bond donors (Lipinski definition) is 7. The molecule has 0 radical (unpaired) electrons. The van der Waals surface area contributed by atoms with Gasteiger partial charge in [0.2, 0.25) is 0 Å². The Morgan fingerprint density at radius 3 is 1.20 bits per heavy atom. The first kappa shape index (κ1) is 93.2. The van der Waals surface area contributed by atoms with Crippen LogP contribution in [-0.2, 0) is 70.4 Å². The Balaban J connectivity index is 0.000000106. The fraction of sp³-hybridized carbons (Fsp3) is 0.761. The fourth-order valence-corrected chi connectivity index (χ4v) is 33.0. The quantitative estimate of drug-likeness (QED) is 0.0426. The Kier molecular flexibility index (Phi) is 27.2. The van der Waals surface area contributed by atoms with Gasteiger partial charge in [-0.25, -0.2) is 19.1 Å². The van der Waals surface area contributed by atoms with Gasteiger partial charge in [-0.05, 0) is 358 Å². The van der Waals surface area contributed by atoms with E-state index in [1.54, 1.807) is 19.0 Å². The number of nitrogens with zero attached hydrogens (tertiary/aromatic N) is 10. The highest BCUT2D eigenvalue weighted by Gasteiger charge is 2.56. The van der Waals surface area contributed by atoms with Crippen LogP contribution >= 0.6 is 0 Å². The number of alkyl carbamates (subject to hydrolysis) is 1. The van der Waals surface area contributed by atoms with Crippen LogP contribution in [0.15, 0.2) is 30.3 Å². The highest BCUT2D eigenvalue weighted by molar-refractivity contribution is 5.97. The lowest BCUT2D eigenvalue weighted by molar-refractivity contribution is -0.148. The fourth-order valence-electron chi connectivity index (χ4n) is 33.0. The SMILES string of the molecule is CCOC(=O)C1CCc2nn(-c3ccccc3)c(C(=O)NC34CC5CC(CC(C5)C3)C4)c2C1.CN(C)C(=O)NC1CCc2c(c(C(=O)NC3C4CC5CC(C4)CC3C5)nn2C2CCCCC2)C1.COC(=O)NC1CCc2c(c(C(=O)NC3C4CC5CC(C4)CC3C5)nn2C2CCCCC2)C1.O=C(NC1C2CC3CC(C2)CC1C3)c1nn(C2CCCCC2)c2c1CC(NC(=O)N1CCOCC1)CC2. The van der Waals surface area contributed by atoms with Crippen molar-refractivity contribution < 1.29 is 52.6 Å². The first-order chi connectivity index (χ1) is 66.7. The van der Waals surface area contributed by atoms with E-state index in [9.17, 15) is 38.4 Å². The number of morpholine rings is 1. The molecule has 7 N–H and O–H groups in total. The van der Waals surface area contributed by atoms with Gasteiger partial charge in [0, 0.05) is 108 Å². The van der Waals surface area contributed by atoms with Crippen LogP contribution in [0.4, 0.5) is 14.4 Å². The molecular weight excluding hydrogens is 1720 g/mol. The van der Waals surface area contributed by atoms with E-state index in [2.05, 4.69) is 51.3 Å². The molecule has 24 aliphatic rings. The summed E-state index contributed by atoms with van der Waals surface area (Å²) in [4.78, 5) is 108. The van der Waals surface area contributed by atoms with Crippen molar-refractivity contribution in [1.82, 2.24) is 86.1 Å². The van der Waals surface area contributed by atoms with E-state index < -0.39 is 6.09 Å². The minimum Gasteiger partial charge on any atom is -0.466 e. The number of para-hydroxylation sites is 1. The van der Waals surface area contributed by atoms with Crippen molar-refractivity contribution in [1.29, 1.82) is 0 Å². The lowest BCUT2D eigenvalue weighted by Crippen LogP contribution is -2.60. The van der Waals surface area contributed by atoms with E-state index in [-0.39, 0.29) is 71.2 Å². The molecule has 1 aromatic carbocycles. The van der Waals surface area contributed by atoms with Crippen molar-refractivity contribution in [3.05, 3.63) is 98.1 Å². The van der Waals surface area contributed by atoms with E-state index in [1.807, 2.05) is 46.8 Å². The summed E-state index contributed by atoms with van der Waals surface area (Å²) in [6.45, 7) is 4.70. The number of ether oxygens (including phenoxy) is 3. The Morgan fingerprint density at radius 1 is 0.423 bits per heavy atom. The second-order valence-electron chi connectivity index (χ2n) is 47.5. The summed E-state index contributed by atoms with van der Waals surface area (Å²) in [5.41, 5.74) is 12.1. The first-order valence-corrected chi connectivity index (χ1v) is 55.0. The van der Waals surface area contributed by atoms with Gasteiger partial charge in [-0.15, -0.1) is 0 Å². The molecule has 4 aromatic heterocycles. The van der Waals surface area contributed by atoms with Crippen LogP contribution in [0.25, 0.3) is 5.69 Å². The van der Waals surface area contributed by atoms with Gasteiger partial charge in [-0.3, -0.25) is 38.0 Å². The maximum Gasteiger partial charge on any atom is 0.407 e. The van der Waals surface area contributed by atoms with E-state index in [4.69, 9.17) is 34.6 Å². The number of urea groups is 2. The molecule has 28 nitrogen and oxygen atoms in total. The number of carbonyl (C=O) groups is 8. The molecule has 29 rings (SSSR count). The molecule has 1 aliphatic heterocycles. The van der Waals surface area contributed by atoms with E-state index >= 15 is 0 Å². The number of rotatable bonds is 17. The zero-order chi connectivity index (χ0) is 93.4. The Morgan fingerprint density at radius 2 is 0.810 bits per heavy atom. The summed E-state index contributed by atoms with van der Waals surface area (Å²) in [7, 11) is 4.94. The minimum absolute atomic E-state index is 0.00369. The van der Waals surface area contributed by atoms with E-state index in [0.717, 1.165) is 183 Å². The van der Waals surface area contributed by atoms with Crippen molar-refractivity contribution in [2.45, 2.75) is 375 Å². The molecule has 1 saturated heterocycles. The zero-order valence-corrected chi connectivity index (χ0v) is 82.3. The third-order valence-corrected chi connectivity index (χ3v) is 38.2. The van der Waals surface area contributed by atoms with E-state index in [1.165, 1.54) is 198 Å². The normalized spacial score (nSPS) is 34.2. The lowest BCUT2D eigenvalue weighted by Gasteiger charge is -2.56. The third-order valence-electron chi connectivity index (χ3n) is 38.2. The topological polar surface area (TPSA) is 326 Å². The molecule has 28 heteroatoms. The van der Waals surface area contributed by atoms with Crippen molar-refractivity contribution in [2.24, 2.45) is 94.7 Å². The number of benzene rings is 1. The van der Waals surface area contributed by atoms with Gasteiger partial charge in [0.05, 0.1) is 62.4 Å². The Hall–Kier alpha value is -8.82. The van der Waals surface area contributed by atoms with Crippen LogP contribution in [0.5, 0.6) is 0 Å². The van der Waals surface area contributed by atoms with Crippen LogP contribution in [0, 0.1) is 94.7 Å². The molecule has 5 heterocycles. The molecule has 5 aromatic rings. The predicted molar refractivity (Wildman–Crippen MR) is 518 cm³/mol. The summed E-state index contributed by atoms with van der Waals surface area (Å²) in [6, 6.07) is 12.1. The van der Waals surface area contributed by atoms with Crippen LogP contribution in [0.3, 0.4) is 0 Å². The van der Waals surface area contributed by atoms with Crippen LogP contribution in [-0.4, -0.2) is 193 Å². The monoisotopic (exact) mass is 1880 g/mol. The first-order valence-electron chi connectivity index (χ1n) is 55.0. The molecule has 20 fully saturated rings. The van der Waals surface area contributed by atoms with Gasteiger partial charge in [-0.1, -0.05) is 76.0 Å². The number of fused-ring (bicyclic) bond motifs is 4. The number of methoxy groups -OCH3 is 1. The van der Waals surface area contributed by atoms with Crippen LogP contribution < -0.4 is 37.2 Å².